The van der Waals surface area contributed by atoms with E-state index in [9.17, 15) is 18.4 Å². The average molecular weight is 322 g/mol. The minimum absolute atomic E-state index is 0.0526. The van der Waals surface area contributed by atoms with Gasteiger partial charge < -0.3 is 14.6 Å². The number of halogens is 2. The fourth-order valence-electron chi connectivity index (χ4n) is 1.97. The third-order valence-corrected chi connectivity index (χ3v) is 3.20. The zero-order valence-electron chi connectivity index (χ0n) is 12.5. The maximum absolute atomic E-state index is 13.4. The first-order chi connectivity index (χ1) is 11.0. The Bertz CT molecular complexity index is 687. The van der Waals surface area contributed by atoms with Gasteiger partial charge in [-0.25, -0.2) is 8.78 Å². The molecule has 2 aromatic rings. The summed E-state index contributed by atoms with van der Waals surface area (Å²) in [4.78, 5) is 25.1. The minimum atomic E-state index is -0.941. The molecule has 0 bridgehead atoms. The number of amides is 2. The predicted octanol–water partition coefficient (Wildman–Crippen LogP) is 2.34. The topological polar surface area (TPSA) is 62.6 Å². The minimum Gasteiger partial charge on any atom is -0.467 e. The smallest absolute Gasteiger partial charge is 0.254 e. The Balaban J connectivity index is 1.79. The maximum Gasteiger partial charge on any atom is 0.254 e. The second-order valence-corrected chi connectivity index (χ2v) is 4.96. The highest BCUT2D eigenvalue weighted by Gasteiger charge is 2.14. The normalized spacial score (nSPS) is 10.4. The molecular formula is C16H16F2N2O3. The van der Waals surface area contributed by atoms with Crippen molar-refractivity contribution in [1.29, 1.82) is 0 Å². The molecule has 0 fully saturated rings. The molecule has 1 N–H and O–H groups in total. The first kappa shape index (κ1) is 16.7. The van der Waals surface area contributed by atoms with Crippen molar-refractivity contribution in [3.8, 4) is 0 Å². The molecule has 0 saturated heterocycles. The zero-order valence-corrected chi connectivity index (χ0v) is 12.5. The highest BCUT2D eigenvalue weighted by Crippen LogP contribution is 2.09. The van der Waals surface area contributed by atoms with E-state index in [0.29, 0.717) is 18.4 Å². The van der Waals surface area contributed by atoms with Crippen molar-refractivity contribution in [1.82, 2.24) is 10.2 Å². The van der Waals surface area contributed by atoms with Crippen LogP contribution < -0.4 is 5.32 Å². The van der Waals surface area contributed by atoms with Gasteiger partial charge in [-0.15, -0.1) is 0 Å². The van der Waals surface area contributed by atoms with Crippen molar-refractivity contribution >= 4 is 11.8 Å². The number of rotatable bonds is 6. The van der Waals surface area contributed by atoms with Crippen molar-refractivity contribution in [2.45, 2.75) is 13.0 Å². The molecule has 0 unspecified atom stereocenters. The molecule has 0 saturated carbocycles. The molecule has 2 rings (SSSR count). The first-order valence-corrected chi connectivity index (χ1v) is 6.97. The largest absolute Gasteiger partial charge is 0.467 e. The molecule has 1 aromatic carbocycles. The predicted molar refractivity (Wildman–Crippen MR) is 78.5 cm³/mol. The van der Waals surface area contributed by atoms with Crippen LogP contribution in [0.4, 0.5) is 8.78 Å². The lowest BCUT2D eigenvalue weighted by Crippen LogP contribution is -2.32. The van der Waals surface area contributed by atoms with Crippen molar-refractivity contribution in [2.24, 2.45) is 0 Å². The van der Waals surface area contributed by atoms with Gasteiger partial charge in [-0.3, -0.25) is 9.59 Å². The molecule has 122 valence electrons. The van der Waals surface area contributed by atoms with Gasteiger partial charge in [0.15, 0.2) is 0 Å². The Kier molecular flexibility index (Phi) is 5.46. The van der Waals surface area contributed by atoms with E-state index in [0.717, 1.165) is 12.1 Å². The number of hydrogen-bond donors (Lipinski definition) is 1. The molecule has 0 atom stereocenters. The summed E-state index contributed by atoms with van der Waals surface area (Å²) in [5.74, 6) is -1.93. The van der Waals surface area contributed by atoms with E-state index < -0.39 is 17.5 Å². The number of nitrogens with zero attached hydrogens (tertiary/aromatic N) is 1. The zero-order chi connectivity index (χ0) is 16.8. The van der Waals surface area contributed by atoms with Gasteiger partial charge >= 0.3 is 0 Å². The third-order valence-electron chi connectivity index (χ3n) is 3.20. The summed E-state index contributed by atoms with van der Waals surface area (Å²) in [6.45, 7) is 0.378. The van der Waals surface area contributed by atoms with Crippen LogP contribution in [-0.2, 0) is 11.3 Å². The van der Waals surface area contributed by atoms with Crippen LogP contribution in [0, 0.1) is 11.6 Å². The van der Waals surface area contributed by atoms with E-state index in [-0.39, 0.29) is 24.4 Å². The van der Waals surface area contributed by atoms with E-state index in [2.05, 4.69) is 5.32 Å². The van der Waals surface area contributed by atoms with Crippen molar-refractivity contribution in [2.75, 3.05) is 13.6 Å². The molecule has 7 heteroatoms. The SMILES string of the molecule is CN(Cc1ccco1)C(=O)CCNC(=O)c1ccc(F)cc1F. The molecule has 1 aromatic heterocycles. The Morgan fingerprint density at radius 2 is 2.04 bits per heavy atom. The molecular weight excluding hydrogens is 306 g/mol. The quantitative estimate of drug-likeness (QED) is 0.888. The molecule has 0 aliphatic carbocycles. The Labute approximate surface area is 131 Å². The standard InChI is InChI=1S/C16H16F2N2O3/c1-20(10-12-3-2-8-23-12)15(21)6-7-19-16(22)13-5-4-11(17)9-14(13)18/h2-5,8-9H,6-7,10H2,1H3,(H,19,22). The van der Waals surface area contributed by atoms with Crippen molar-refractivity contribution in [3.63, 3.8) is 0 Å². The Hall–Kier alpha value is -2.70. The second-order valence-electron chi connectivity index (χ2n) is 4.96. The highest BCUT2D eigenvalue weighted by atomic mass is 19.1. The number of hydrogen-bond acceptors (Lipinski definition) is 3. The summed E-state index contributed by atoms with van der Waals surface area (Å²) in [5.41, 5.74) is -0.261. The molecule has 0 aliphatic heterocycles. The lowest BCUT2D eigenvalue weighted by Gasteiger charge is -2.15. The first-order valence-electron chi connectivity index (χ1n) is 6.97. The lowest BCUT2D eigenvalue weighted by atomic mass is 10.2. The van der Waals surface area contributed by atoms with E-state index >= 15 is 0 Å². The van der Waals surface area contributed by atoms with Crippen LogP contribution in [0.2, 0.25) is 0 Å². The lowest BCUT2D eigenvalue weighted by molar-refractivity contribution is -0.130. The molecule has 0 radical (unpaired) electrons. The summed E-state index contributed by atoms with van der Waals surface area (Å²) < 4.78 is 31.4. The maximum atomic E-state index is 13.4. The molecule has 5 nitrogen and oxygen atoms in total. The molecule has 23 heavy (non-hydrogen) atoms. The van der Waals surface area contributed by atoms with Crippen LogP contribution in [0.3, 0.4) is 0 Å². The average Bonchev–Trinajstić information content (AvgIpc) is 2.99. The van der Waals surface area contributed by atoms with Crippen molar-refractivity contribution in [3.05, 3.63) is 59.6 Å². The highest BCUT2D eigenvalue weighted by molar-refractivity contribution is 5.94. The summed E-state index contributed by atoms with van der Waals surface area (Å²) >= 11 is 0. The fraction of sp³-hybridized carbons (Fsp3) is 0.250. The van der Waals surface area contributed by atoms with Crippen LogP contribution in [-0.4, -0.2) is 30.3 Å². The number of furan rings is 1. The molecule has 2 amide bonds. The van der Waals surface area contributed by atoms with Gasteiger partial charge in [0.2, 0.25) is 5.91 Å². The van der Waals surface area contributed by atoms with Gasteiger partial charge in [-0.1, -0.05) is 0 Å². The Morgan fingerprint density at radius 1 is 1.26 bits per heavy atom. The van der Waals surface area contributed by atoms with Gasteiger partial charge in [0.05, 0.1) is 18.4 Å². The number of benzene rings is 1. The monoisotopic (exact) mass is 322 g/mol. The summed E-state index contributed by atoms with van der Waals surface area (Å²) in [6, 6.07) is 6.18. The van der Waals surface area contributed by atoms with Crippen LogP contribution >= 0.6 is 0 Å². The second kappa shape index (κ2) is 7.53. The van der Waals surface area contributed by atoms with Crippen LogP contribution in [0.15, 0.2) is 41.0 Å². The summed E-state index contributed by atoms with van der Waals surface area (Å²) in [7, 11) is 1.62. The molecule has 1 heterocycles. The summed E-state index contributed by atoms with van der Waals surface area (Å²) in [6.07, 6.45) is 1.58. The van der Waals surface area contributed by atoms with Gasteiger partial charge in [0.1, 0.15) is 17.4 Å². The van der Waals surface area contributed by atoms with E-state index in [1.54, 1.807) is 19.2 Å². The van der Waals surface area contributed by atoms with Crippen LogP contribution in [0.5, 0.6) is 0 Å². The van der Waals surface area contributed by atoms with Crippen LogP contribution in [0.25, 0.3) is 0 Å². The summed E-state index contributed by atoms with van der Waals surface area (Å²) in [5, 5.41) is 2.43. The van der Waals surface area contributed by atoms with Gasteiger partial charge in [-0.05, 0) is 24.3 Å². The van der Waals surface area contributed by atoms with E-state index in [1.807, 2.05) is 0 Å². The van der Waals surface area contributed by atoms with Gasteiger partial charge in [-0.2, -0.15) is 0 Å². The number of carbonyl (C=O) groups excluding carboxylic acids is 2. The van der Waals surface area contributed by atoms with Gasteiger partial charge in [0.25, 0.3) is 5.91 Å². The number of carbonyl (C=O) groups is 2. The molecule has 0 spiro atoms. The third kappa shape index (κ3) is 4.64. The van der Waals surface area contributed by atoms with Crippen molar-refractivity contribution < 1.29 is 22.8 Å². The number of nitrogens with one attached hydrogen (secondary N) is 1. The fourth-order valence-corrected chi connectivity index (χ4v) is 1.97. The van der Waals surface area contributed by atoms with Crippen LogP contribution in [0.1, 0.15) is 22.5 Å². The van der Waals surface area contributed by atoms with E-state index in [1.165, 1.54) is 11.2 Å². The van der Waals surface area contributed by atoms with E-state index in [4.69, 9.17) is 4.42 Å². The Morgan fingerprint density at radius 3 is 2.70 bits per heavy atom. The van der Waals surface area contributed by atoms with Gasteiger partial charge in [0, 0.05) is 26.1 Å². The molecule has 0 aliphatic rings.